The fourth-order valence-electron chi connectivity index (χ4n) is 4.45. The number of carbonyl (C=O) groups excluding carboxylic acids is 1. The fourth-order valence-corrected chi connectivity index (χ4v) is 6.96. The van der Waals surface area contributed by atoms with E-state index in [-0.39, 0.29) is 10.9 Å². The van der Waals surface area contributed by atoms with Crippen LogP contribution in [-0.2, 0) is 16.6 Å². The Morgan fingerprint density at radius 3 is 2.52 bits per heavy atom. The summed E-state index contributed by atoms with van der Waals surface area (Å²) in [6.45, 7) is 8.48. The van der Waals surface area contributed by atoms with Gasteiger partial charge in [-0.25, -0.2) is 8.42 Å². The number of sulfonamides is 1. The Balaban J connectivity index is 1.67. The van der Waals surface area contributed by atoms with Gasteiger partial charge in [-0.2, -0.15) is 9.30 Å². The predicted molar refractivity (Wildman–Crippen MR) is 133 cm³/mol. The molecule has 0 N–H and O–H groups in total. The van der Waals surface area contributed by atoms with Gasteiger partial charge in [0.05, 0.1) is 15.1 Å². The molecule has 0 atom stereocenters. The smallest absolute Gasteiger partial charge is 0.279 e. The quantitative estimate of drug-likeness (QED) is 0.473. The Labute approximate surface area is 199 Å². The van der Waals surface area contributed by atoms with Gasteiger partial charge in [-0.15, -0.1) is 6.58 Å². The molecule has 6 nitrogen and oxygen atoms in total. The zero-order chi connectivity index (χ0) is 23.8. The van der Waals surface area contributed by atoms with Gasteiger partial charge in [0.2, 0.25) is 10.0 Å². The maximum atomic E-state index is 13.0. The molecule has 3 aromatic rings. The van der Waals surface area contributed by atoms with Crippen molar-refractivity contribution in [1.29, 1.82) is 0 Å². The molecule has 0 radical (unpaired) electrons. The number of aryl methyl sites for hydroxylation is 2. The number of hydrogen-bond acceptors (Lipinski definition) is 4. The topological polar surface area (TPSA) is 71.7 Å². The number of amides is 1. The molecule has 1 aliphatic rings. The predicted octanol–water partition coefficient (Wildman–Crippen LogP) is 4.81. The highest BCUT2D eigenvalue weighted by Crippen LogP contribution is 2.27. The molecule has 1 saturated carbocycles. The van der Waals surface area contributed by atoms with Crippen LogP contribution in [-0.4, -0.2) is 36.3 Å². The van der Waals surface area contributed by atoms with Gasteiger partial charge in [-0.3, -0.25) is 4.79 Å². The molecule has 33 heavy (non-hydrogen) atoms. The number of thiazole rings is 1. The number of benzene rings is 2. The van der Waals surface area contributed by atoms with E-state index < -0.39 is 15.9 Å². The average Bonchev–Trinajstić information content (AvgIpc) is 3.43. The molecule has 2 aromatic carbocycles. The standard InChI is InChI=1S/C25H29N3O3S2/c1-5-14-28-22-16-17(2)15-18(3)23(22)32-25(28)26-24(29)19-10-12-21(13-11-19)33(30,31)27(4)20-8-6-7-9-20/h5,10-13,15-16,20H,1,6-9,14H2,2-4H3. The number of fused-ring (bicyclic) bond motifs is 1. The molecule has 1 aromatic heterocycles. The minimum absolute atomic E-state index is 0.0478. The summed E-state index contributed by atoms with van der Waals surface area (Å²) in [4.78, 5) is 18.1. The van der Waals surface area contributed by atoms with Crippen molar-refractivity contribution in [3.63, 3.8) is 0 Å². The van der Waals surface area contributed by atoms with Gasteiger partial charge in [0.15, 0.2) is 4.80 Å². The van der Waals surface area contributed by atoms with Gasteiger partial charge in [0.1, 0.15) is 0 Å². The molecule has 8 heteroatoms. The van der Waals surface area contributed by atoms with Crippen molar-refractivity contribution in [1.82, 2.24) is 8.87 Å². The number of allylic oxidation sites excluding steroid dienone is 1. The molecule has 1 amide bonds. The van der Waals surface area contributed by atoms with E-state index in [4.69, 9.17) is 0 Å². The van der Waals surface area contributed by atoms with E-state index in [1.807, 2.05) is 11.5 Å². The Bertz CT molecular complexity index is 1380. The number of carbonyl (C=O) groups is 1. The third-order valence-electron chi connectivity index (χ3n) is 6.24. The summed E-state index contributed by atoms with van der Waals surface area (Å²) in [5.41, 5.74) is 3.67. The van der Waals surface area contributed by atoms with Crippen molar-refractivity contribution in [2.45, 2.75) is 57.0 Å². The van der Waals surface area contributed by atoms with Crippen LogP contribution in [0.15, 0.2) is 58.9 Å². The zero-order valence-corrected chi connectivity index (χ0v) is 20.9. The van der Waals surface area contributed by atoms with Crippen LogP contribution in [0.25, 0.3) is 10.2 Å². The molecule has 4 rings (SSSR count). The van der Waals surface area contributed by atoms with Gasteiger partial charge >= 0.3 is 0 Å². The van der Waals surface area contributed by atoms with Crippen LogP contribution in [0.3, 0.4) is 0 Å². The first-order valence-corrected chi connectivity index (χ1v) is 13.4. The van der Waals surface area contributed by atoms with Gasteiger partial charge in [0, 0.05) is 25.2 Å². The minimum Gasteiger partial charge on any atom is -0.312 e. The van der Waals surface area contributed by atoms with Gasteiger partial charge in [-0.05, 0) is 68.1 Å². The first-order chi connectivity index (χ1) is 15.7. The number of rotatable bonds is 6. The molecular weight excluding hydrogens is 454 g/mol. The van der Waals surface area contributed by atoms with Gasteiger partial charge < -0.3 is 4.57 Å². The van der Waals surface area contributed by atoms with Crippen molar-refractivity contribution >= 4 is 37.5 Å². The first-order valence-electron chi connectivity index (χ1n) is 11.1. The van der Waals surface area contributed by atoms with Crippen LogP contribution < -0.4 is 4.80 Å². The van der Waals surface area contributed by atoms with Crippen LogP contribution >= 0.6 is 11.3 Å². The molecule has 0 spiro atoms. The van der Waals surface area contributed by atoms with E-state index in [1.165, 1.54) is 27.8 Å². The van der Waals surface area contributed by atoms with E-state index >= 15 is 0 Å². The zero-order valence-electron chi connectivity index (χ0n) is 19.2. The largest absolute Gasteiger partial charge is 0.312 e. The van der Waals surface area contributed by atoms with Crippen LogP contribution in [0, 0.1) is 13.8 Å². The molecule has 174 valence electrons. The summed E-state index contributed by atoms with van der Waals surface area (Å²) < 4.78 is 30.5. The Hall–Kier alpha value is -2.55. The van der Waals surface area contributed by atoms with Crippen LogP contribution in [0.4, 0.5) is 0 Å². The Morgan fingerprint density at radius 2 is 1.88 bits per heavy atom. The SMILES string of the molecule is C=CCn1c(=NC(=O)c2ccc(S(=O)(=O)N(C)C3CCCC3)cc2)sc2c(C)cc(C)cc21. The lowest BCUT2D eigenvalue weighted by Crippen LogP contribution is -2.35. The molecule has 0 unspecified atom stereocenters. The average molecular weight is 484 g/mol. The van der Waals surface area contributed by atoms with E-state index in [1.54, 1.807) is 25.3 Å². The Morgan fingerprint density at radius 1 is 1.21 bits per heavy atom. The lowest BCUT2D eigenvalue weighted by molar-refractivity contribution is 0.0997. The van der Waals surface area contributed by atoms with Gasteiger partial charge in [0.25, 0.3) is 5.91 Å². The van der Waals surface area contributed by atoms with E-state index in [0.717, 1.165) is 47.0 Å². The highest BCUT2D eigenvalue weighted by Gasteiger charge is 2.30. The van der Waals surface area contributed by atoms with Crippen molar-refractivity contribution in [3.05, 3.63) is 70.5 Å². The van der Waals surface area contributed by atoms with Crippen molar-refractivity contribution in [2.24, 2.45) is 4.99 Å². The van der Waals surface area contributed by atoms with Crippen LogP contribution in [0.5, 0.6) is 0 Å². The monoisotopic (exact) mass is 483 g/mol. The molecule has 0 aliphatic heterocycles. The Kier molecular flexibility index (Phi) is 6.70. The lowest BCUT2D eigenvalue weighted by Gasteiger charge is -2.23. The molecule has 1 heterocycles. The fraction of sp³-hybridized carbons (Fsp3) is 0.360. The minimum atomic E-state index is -3.59. The van der Waals surface area contributed by atoms with Crippen molar-refractivity contribution < 1.29 is 13.2 Å². The maximum absolute atomic E-state index is 13.0. The molecule has 1 fully saturated rings. The van der Waals surface area contributed by atoms with Crippen LogP contribution in [0.2, 0.25) is 0 Å². The second kappa shape index (κ2) is 9.37. The van der Waals surface area contributed by atoms with Crippen molar-refractivity contribution in [2.75, 3.05) is 7.05 Å². The molecular formula is C25H29N3O3S2. The summed E-state index contributed by atoms with van der Waals surface area (Å²) in [7, 11) is -1.94. The summed E-state index contributed by atoms with van der Waals surface area (Å²) in [5.74, 6) is -0.401. The van der Waals surface area contributed by atoms with E-state index in [9.17, 15) is 13.2 Å². The maximum Gasteiger partial charge on any atom is 0.279 e. The summed E-state index contributed by atoms with van der Waals surface area (Å²) in [5, 5.41) is 0. The lowest BCUT2D eigenvalue weighted by atomic mass is 10.1. The molecule has 1 aliphatic carbocycles. The number of hydrogen-bond donors (Lipinski definition) is 0. The normalized spacial score (nSPS) is 15.6. The summed E-state index contributed by atoms with van der Waals surface area (Å²) in [6.07, 6.45) is 5.69. The van der Waals surface area contributed by atoms with E-state index in [0.29, 0.717) is 16.9 Å². The summed E-state index contributed by atoms with van der Waals surface area (Å²) in [6, 6.07) is 10.3. The third-order valence-corrected chi connectivity index (χ3v) is 9.39. The number of nitrogens with zero attached hydrogens (tertiary/aromatic N) is 3. The first kappa shape index (κ1) is 23.6. The highest BCUT2D eigenvalue weighted by molar-refractivity contribution is 7.89. The molecule has 0 saturated heterocycles. The van der Waals surface area contributed by atoms with Crippen LogP contribution in [0.1, 0.15) is 47.2 Å². The molecule has 0 bridgehead atoms. The third kappa shape index (κ3) is 4.60. The van der Waals surface area contributed by atoms with Gasteiger partial charge in [-0.1, -0.05) is 36.3 Å². The highest BCUT2D eigenvalue weighted by atomic mass is 32.2. The number of aromatic nitrogens is 1. The van der Waals surface area contributed by atoms with Crippen molar-refractivity contribution in [3.8, 4) is 0 Å². The summed E-state index contributed by atoms with van der Waals surface area (Å²) >= 11 is 1.47. The second-order valence-corrected chi connectivity index (χ2v) is 11.6. The second-order valence-electron chi connectivity index (χ2n) is 8.61. The van der Waals surface area contributed by atoms with E-state index in [2.05, 4.69) is 30.6 Å².